The van der Waals surface area contributed by atoms with Gasteiger partial charge in [0.1, 0.15) is 0 Å². The SMILES string of the molecule is C[C@@H]1CN(S(=O)(=O)c2cccc(C(F)(F)F)c2)[C@@H](C)N1C(=O)N1CCOCC1. The summed E-state index contributed by atoms with van der Waals surface area (Å²) in [5, 5.41) is 0. The van der Waals surface area contributed by atoms with Gasteiger partial charge in [0.25, 0.3) is 0 Å². The van der Waals surface area contributed by atoms with Crippen LogP contribution in [0.2, 0.25) is 0 Å². The Kier molecular flexibility index (Phi) is 5.61. The number of ether oxygens (including phenoxy) is 1. The van der Waals surface area contributed by atoms with Crippen molar-refractivity contribution in [1.82, 2.24) is 14.1 Å². The molecule has 2 saturated heterocycles. The predicted octanol–water partition coefficient (Wildman–Crippen LogP) is 2.20. The number of hydrogen-bond donors (Lipinski definition) is 0. The van der Waals surface area contributed by atoms with E-state index in [0.717, 1.165) is 22.5 Å². The molecule has 0 unspecified atom stereocenters. The third kappa shape index (κ3) is 3.83. The van der Waals surface area contributed by atoms with E-state index in [1.807, 2.05) is 0 Å². The van der Waals surface area contributed by atoms with Gasteiger partial charge in [-0.2, -0.15) is 17.5 Å². The van der Waals surface area contributed by atoms with Crippen molar-refractivity contribution < 1.29 is 31.1 Å². The number of amides is 2. The van der Waals surface area contributed by atoms with Crippen molar-refractivity contribution in [2.75, 3.05) is 32.8 Å². The molecule has 7 nitrogen and oxygen atoms in total. The van der Waals surface area contributed by atoms with E-state index in [9.17, 15) is 26.4 Å². The van der Waals surface area contributed by atoms with Crippen LogP contribution >= 0.6 is 0 Å². The number of alkyl halides is 3. The molecule has 156 valence electrons. The Labute approximate surface area is 161 Å². The summed E-state index contributed by atoms with van der Waals surface area (Å²) < 4.78 is 71.2. The zero-order valence-corrected chi connectivity index (χ0v) is 16.3. The lowest BCUT2D eigenvalue weighted by molar-refractivity contribution is -0.137. The highest BCUT2D eigenvalue weighted by Gasteiger charge is 2.45. The van der Waals surface area contributed by atoms with Crippen LogP contribution in [0.15, 0.2) is 29.2 Å². The number of carbonyl (C=O) groups excluding carboxylic acids is 1. The fraction of sp³-hybridized carbons (Fsp3) is 0.588. The van der Waals surface area contributed by atoms with Gasteiger partial charge in [-0.3, -0.25) is 0 Å². The standard InChI is InChI=1S/C17H22F3N3O4S/c1-12-11-22(13(2)23(12)16(24)21-6-8-27-9-7-21)28(25,26)15-5-3-4-14(10-15)17(18,19)20/h3-5,10,12-13H,6-9,11H2,1-2H3/t12-,13-/m1/s1. The zero-order valence-electron chi connectivity index (χ0n) is 15.5. The summed E-state index contributed by atoms with van der Waals surface area (Å²) >= 11 is 0. The van der Waals surface area contributed by atoms with Gasteiger partial charge in [0.05, 0.1) is 29.8 Å². The Morgan fingerprint density at radius 2 is 1.82 bits per heavy atom. The average Bonchev–Trinajstić information content (AvgIpc) is 2.96. The van der Waals surface area contributed by atoms with Gasteiger partial charge in [0.15, 0.2) is 0 Å². The maximum atomic E-state index is 13.0. The lowest BCUT2D eigenvalue weighted by Crippen LogP contribution is -2.52. The van der Waals surface area contributed by atoms with Crippen LogP contribution < -0.4 is 0 Å². The molecule has 0 radical (unpaired) electrons. The Hall–Kier alpha value is -1.85. The molecule has 2 aliphatic rings. The van der Waals surface area contributed by atoms with Crippen molar-refractivity contribution in [2.24, 2.45) is 0 Å². The summed E-state index contributed by atoms with van der Waals surface area (Å²) in [7, 11) is -4.20. The molecular weight excluding hydrogens is 399 g/mol. The first-order valence-electron chi connectivity index (χ1n) is 8.87. The van der Waals surface area contributed by atoms with E-state index in [2.05, 4.69) is 0 Å². The molecule has 0 bridgehead atoms. The Balaban J connectivity index is 1.86. The molecule has 2 atom stereocenters. The Morgan fingerprint density at radius 3 is 2.43 bits per heavy atom. The minimum atomic E-state index is -4.65. The molecule has 2 heterocycles. The smallest absolute Gasteiger partial charge is 0.378 e. The minimum Gasteiger partial charge on any atom is -0.378 e. The van der Waals surface area contributed by atoms with Crippen LogP contribution in [0.1, 0.15) is 19.4 Å². The maximum Gasteiger partial charge on any atom is 0.416 e. The van der Waals surface area contributed by atoms with Crippen molar-refractivity contribution in [1.29, 1.82) is 0 Å². The number of nitrogens with zero attached hydrogens (tertiary/aromatic N) is 3. The van der Waals surface area contributed by atoms with E-state index in [4.69, 9.17) is 4.74 Å². The van der Waals surface area contributed by atoms with E-state index < -0.39 is 38.9 Å². The number of urea groups is 1. The Bertz CT molecular complexity index is 840. The number of halogens is 3. The number of hydrogen-bond acceptors (Lipinski definition) is 4. The fourth-order valence-corrected chi connectivity index (χ4v) is 5.25. The van der Waals surface area contributed by atoms with Crippen LogP contribution in [0.3, 0.4) is 0 Å². The van der Waals surface area contributed by atoms with Gasteiger partial charge in [-0.25, -0.2) is 13.2 Å². The van der Waals surface area contributed by atoms with Crippen molar-refractivity contribution in [3.05, 3.63) is 29.8 Å². The first-order chi connectivity index (χ1) is 13.0. The summed E-state index contributed by atoms with van der Waals surface area (Å²) in [5.74, 6) is 0. The number of rotatable bonds is 2. The monoisotopic (exact) mass is 421 g/mol. The molecular formula is C17H22F3N3O4S. The maximum absolute atomic E-state index is 13.0. The van der Waals surface area contributed by atoms with E-state index in [1.54, 1.807) is 18.7 Å². The van der Waals surface area contributed by atoms with Crippen molar-refractivity contribution in [2.45, 2.75) is 37.1 Å². The van der Waals surface area contributed by atoms with Gasteiger partial charge in [0, 0.05) is 25.7 Å². The van der Waals surface area contributed by atoms with E-state index in [1.165, 1.54) is 4.90 Å². The molecule has 0 saturated carbocycles. The fourth-order valence-electron chi connectivity index (χ4n) is 3.54. The predicted molar refractivity (Wildman–Crippen MR) is 93.9 cm³/mol. The van der Waals surface area contributed by atoms with Crippen molar-refractivity contribution in [3.8, 4) is 0 Å². The van der Waals surface area contributed by atoms with Gasteiger partial charge >= 0.3 is 12.2 Å². The van der Waals surface area contributed by atoms with E-state index in [0.29, 0.717) is 32.4 Å². The van der Waals surface area contributed by atoms with Crippen LogP contribution in [0.5, 0.6) is 0 Å². The highest BCUT2D eigenvalue weighted by Crippen LogP contribution is 2.33. The van der Waals surface area contributed by atoms with Crippen LogP contribution in [-0.2, 0) is 20.9 Å². The van der Waals surface area contributed by atoms with Crippen LogP contribution in [0, 0.1) is 0 Å². The van der Waals surface area contributed by atoms with E-state index >= 15 is 0 Å². The second kappa shape index (κ2) is 7.53. The highest BCUT2D eigenvalue weighted by molar-refractivity contribution is 7.89. The highest BCUT2D eigenvalue weighted by atomic mass is 32.2. The molecule has 0 aromatic heterocycles. The van der Waals surface area contributed by atoms with Gasteiger partial charge in [-0.15, -0.1) is 0 Å². The third-order valence-corrected chi connectivity index (χ3v) is 6.93. The second-order valence-corrected chi connectivity index (χ2v) is 8.76. The normalized spacial score (nSPS) is 24.6. The minimum absolute atomic E-state index is 0.00975. The first kappa shape index (κ1) is 20.9. The number of sulfonamides is 1. The van der Waals surface area contributed by atoms with Crippen LogP contribution in [0.4, 0.5) is 18.0 Å². The van der Waals surface area contributed by atoms with Crippen molar-refractivity contribution in [3.63, 3.8) is 0 Å². The molecule has 11 heteroatoms. The lowest BCUT2D eigenvalue weighted by atomic mass is 10.2. The first-order valence-corrected chi connectivity index (χ1v) is 10.3. The molecule has 2 amide bonds. The Morgan fingerprint density at radius 1 is 1.18 bits per heavy atom. The van der Waals surface area contributed by atoms with Gasteiger partial charge in [0.2, 0.25) is 10.0 Å². The van der Waals surface area contributed by atoms with Gasteiger partial charge in [-0.1, -0.05) is 6.07 Å². The number of morpholine rings is 1. The summed E-state index contributed by atoms with van der Waals surface area (Å²) in [4.78, 5) is 15.4. The quantitative estimate of drug-likeness (QED) is 0.734. The molecule has 3 rings (SSSR count). The third-order valence-electron chi connectivity index (χ3n) is 5.01. The van der Waals surface area contributed by atoms with Crippen molar-refractivity contribution >= 4 is 16.1 Å². The van der Waals surface area contributed by atoms with Gasteiger partial charge < -0.3 is 14.5 Å². The second-order valence-electron chi connectivity index (χ2n) is 6.87. The molecule has 2 fully saturated rings. The molecule has 0 N–H and O–H groups in total. The van der Waals surface area contributed by atoms with Crippen LogP contribution in [0.25, 0.3) is 0 Å². The molecule has 2 aliphatic heterocycles. The average molecular weight is 421 g/mol. The summed E-state index contributed by atoms with van der Waals surface area (Å²) in [6.07, 6.45) is -5.46. The summed E-state index contributed by atoms with van der Waals surface area (Å²) in [6, 6.07) is 2.93. The molecule has 28 heavy (non-hydrogen) atoms. The van der Waals surface area contributed by atoms with Gasteiger partial charge in [-0.05, 0) is 32.0 Å². The zero-order chi connectivity index (χ0) is 20.7. The van der Waals surface area contributed by atoms with Crippen LogP contribution in [-0.4, -0.2) is 73.6 Å². The molecule has 0 aliphatic carbocycles. The molecule has 1 aromatic rings. The topological polar surface area (TPSA) is 70.2 Å². The lowest BCUT2D eigenvalue weighted by Gasteiger charge is -2.35. The van der Waals surface area contributed by atoms with E-state index in [-0.39, 0.29) is 12.6 Å². The molecule has 1 aromatic carbocycles. The number of carbonyl (C=O) groups is 1. The largest absolute Gasteiger partial charge is 0.416 e. The summed E-state index contributed by atoms with van der Waals surface area (Å²) in [5.41, 5.74) is -1.03. The molecule has 0 spiro atoms. The summed E-state index contributed by atoms with van der Waals surface area (Å²) in [6.45, 7) is 4.94. The number of benzene rings is 1.